The van der Waals surface area contributed by atoms with Crippen molar-refractivity contribution < 1.29 is 0 Å². The van der Waals surface area contributed by atoms with E-state index in [1.165, 1.54) is 77.0 Å². The summed E-state index contributed by atoms with van der Waals surface area (Å²) in [6.07, 6.45) is 17.5. The Morgan fingerprint density at radius 1 is 0.632 bits per heavy atom. The average molecular weight is 373 g/mol. The van der Waals surface area contributed by atoms with Gasteiger partial charge in [0.2, 0.25) is 0 Å². The number of unbranched alkanes of at least 4 members (excludes halogenated alkanes) is 10. The third kappa shape index (κ3) is 14.8. The number of hydrogen-bond acceptors (Lipinski definition) is 0. The third-order valence-corrected chi connectivity index (χ3v) is 12.7. The van der Waals surface area contributed by atoms with Gasteiger partial charge in [0.25, 0.3) is 0 Å². The van der Waals surface area contributed by atoms with Crippen molar-refractivity contribution in [3.05, 3.63) is 10.7 Å². The summed E-state index contributed by atoms with van der Waals surface area (Å²) in [5.74, 6) is 0. The van der Waals surface area contributed by atoms with Crippen LogP contribution in [-0.2, 0) is 0 Å². The molecule has 0 saturated carbocycles. The maximum absolute atomic E-state index is 4.11. The van der Waals surface area contributed by atoms with Crippen molar-refractivity contribution >= 4 is 19.8 Å². The normalized spacial score (nSPS) is 11.1. The number of rotatable bonds is 15. The van der Waals surface area contributed by atoms with Gasteiger partial charge in [0.15, 0.2) is 0 Å². The molecule has 0 aromatic heterocycles. The predicted octanol–water partition coefficient (Wildman–Crippen LogP) is 6.66. The van der Waals surface area contributed by atoms with E-state index in [-0.39, 0.29) is 0 Å². The van der Waals surface area contributed by atoms with Crippen molar-refractivity contribution in [2.75, 3.05) is 0 Å². The van der Waals surface area contributed by atoms with E-state index in [1.807, 2.05) is 0 Å². The summed E-state index contributed by atoms with van der Waals surface area (Å²) in [5.41, 5.74) is 0. The van der Waals surface area contributed by atoms with Crippen molar-refractivity contribution in [1.29, 1.82) is 0 Å². The minimum absolute atomic E-state index is 1.26. The Morgan fingerprint density at radius 2 is 1.00 bits per heavy atom. The Morgan fingerprint density at radius 3 is 1.37 bits per heavy atom. The molecular weight excluding hydrogens is 335 g/mol. The van der Waals surface area contributed by atoms with Gasteiger partial charge in [0.1, 0.15) is 0 Å². The molecule has 0 aliphatic rings. The van der Waals surface area contributed by atoms with E-state index >= 15 is 0 Å². The van der Waals surface area contributed by atoms with Crippen LogP contribution in [0.5, 0.6) is 0 Å². The van der Waals surface area contributed by atoms with Crippen LogP contribution >= 0.6 is 0 Å². The first-order valence-corrected chi connectivity index (χ1v) is 15.5. The molecule has 0 aliphatic carbocycles. The zero-order valence-electron chi connectivity index (χ0n) is 13.8. The second kappa shape index (κ2) is 16.6. The molecule has 0 atom stereocenters. The zero-order valence-corrected chi connectivity index (χ0v) is 17.1. The minimum atomic E-state index is -1.26. The van der Waals surface area contributed by atoms with Crippen LogP contribution < -0.4 is 0 Å². The fraction of sp³-hybridized carbons (Fsp3) is 0.889. The van der Waals surface area contributed by atoms with Crippen molar-refractivity contribution in [3.8, 4) is 0 Å². The molecule has 0 spiro atoms. The van der Waals surface area contributed by atoms with Gasteiger partial charge in [0, 0.05) is 0 Å². The molecule has 1 heteroatoms. The SMILES string of the molecule is C=[CH][SnH]([CH2]CCCCCCC)[CH2]CCCCCCC. The molecule has 0 aliphatic heterocycles. The topological polar surface area (TPSA) is 0 Å². The molecule has 0 saturated heterocycles. The van der Waals surface area contributed by atoms with Crippen LogP contribution in [0, 0.1) is 0 Å². The van der Waals surface area contributed by atoms with Crippen molar-refractivity contribution in [3.63, 3.8) is 0 Å². The molecule has 0 fully saturated rings. The van der Waals surface area contributed by atoms with Crippen molar-refractivity contribution in [1.82, 2.24) is 0 Å². The molecule has 0 unspecified atom stereocenters. The fourth-order valence-electron chi connectivity index (χ4n) is 2.75. The summed E-state index contributed by atoms with van der Waals surface area (Å²) in [5, 5.41) is 0. The molecule has 0 rings (SSSR count). The monoisotopic (exact) mass is 374 g/mol. The van der Waals surface area contributed by atoms with Gasteiger partial charge in [-0.1, -0.05) is 0 Å². The van der Waals surface area contributed by atoms with Gasteiger partial charge in [-0.25, -0.2) is 0 Å². The maximum atomic E-state index is 4.11. The first kappa shape index (κ1) is 19.5. The summed E-state index contributed by atoms with van der Waals surface area (Å²) in [6, 6.07) is 0. The van der Waals surface area contributed by atoms with Gasteiger partial charge in [0.05, 0.1) is 0 Å². The van der Waals surface area contributed by atoms with E-state index in [1.54, 1.807) is 8.87 Å². The van der Waals surface area contributed by atoms with E-state index in [4.69, 9.17) is 0 Å². The summed E-state index contributed by atoms with van der Waals surface area (Å²) in [7, 11) is 0. The zero-order chi connectivity index (χ0) is 14.2. The van der Waals surface area contributed by atoms with Crippen LogP contribution in [0.2, 0.25) is 8.87 Å². The quantitative estimate of drug-likeness (QED) is 0.222. The van der Waals surface area contributed by atoms with Gasteiger partial charge in [-0.2, -0.15) is 0 Å². The Balaban J connectivity index is 3.32. The molecule has 0 aromatic rings. The van der Waals surface area contributed by atoms with Gasteiger partial charge in [-0.3, -0.25) is 0 Å². The molecule has 0 N–H and O–H groups in total. The molecule has 0 heterocycles. The van der Waals surface area contributed by atoms with Crippen molar-refractivity contribution in [2.24, 2.45) is 0 Å². The molecule has 0 nitrogen and oxygen atoms in total. The Hall–Kier alpha value is 0.539. The first-order chi connectivity index (χ1) is 9.35. The van der Waals surface area contributed by atoms with Gasteiger partial charge < -0.3 is 0 Å². The number of hydrogen-bond donors (Lipinski definition) is 0. The van der Waals surface area contributed by atoms with Crippen molar-refractivity contribution in [2.45, 2.75) is 99.8 Å². The van der Waals surface area contributed by atoms with Crippen LogP contribution in [0.4, 0.5) is 0 Å². The summed E-state index contributed by atoms with van der Waals surface area (Å²) >= 11 is -1.26. The average Bonchev–Trinajstić information content (AvgIpc) is 2.44. The molecule has 0 amide bonds. The summed E-state index contributed by atoms with van der Waals surface area (Å²) in [6.45, 7) is 8.70. The molecule has 114 valence electrons. The fourth-order valence-corrected chi connectivity index (χ4v) is 9.56. The summed E-state index contributed by atoms with van der Waals surface area (Å²) < 4.78 is 5.60. The van der Waals surface area contributed by atoms with Crippen LogP contribution in [0.15, 0.2) is 10.7 Å². The molecular formula is C18H38Sn. The first-order valence-electron chi connectivity index (χ1n) is 8.97. The van der Waals surface area contributed by atoms with Crippen LogP contribution in [0.1, 0.15) is 90.9 Å². The second-order valence-corrected chi connectivity index (χ2v) is 15.1. The van der Waals surface area contributed by atoms with Gasteiger partial charge >= 0.3 is 130 Å². The predicted molar refractivity (Wildman–Crippen MR) is 93.7 cm³/mol. The van der Waals surface area contributed by atoms with Crippen LogP contribution in [0.25, 0.3) is 0 Å². The summed E-state index contributed by atoms with van der Waals surface area (Å²) in [4.78, 5) is 0. The Kier molecular flexibility index (Phi) is 17.1. The van der Waals surface area contributed by atoms with E-state index < -0.39 is 19.8 Å². The standard InChI is InChI=1S/2C8H17.C2H3.Sn.H/c2*1-3-5-7-8-6-4-2;1-2;;/h2*1,3-8H2,2H3;1H,2H2;;. The van der Waals surface area contributed by atoms with Gasteiger partial charge in [-0.15, -0.1) is 0 Å². The van der Waals surface area contributed by atoms with E-state index in [0.717, 1.165) is 0 Å². The third-order valence-electron chi connectivity index (χ3n) is 4.19. The molecule has 0 bridgehead atoms. The van der Waals surface area contributed by atoms with Crippen LogP contribution in [-0.4, -0.2) is 19.8 Å². The molecule has 19 heavy (non-hydrogen) atoms. The second-order valence-electron chi connectivity index (χ2n) is 6.11. The van der Waals surface area contributed by atoms with E-state index in [2.05, 4.69) is 24.5 Å². The van der Waals surface area contributed by atoms with Crippen LogP contribution in [0.3, 0.4) is 0 Å². The van der Waals surface area contributed by atoms with Gasteiger partial charge in [-0.05, 0) is 0 Å². The molecule has 0 aromatic carbocycles. The Labute approximate surface area is 130 Å². The van der Waals surface area contributed by atoms with E-state index in [9.17, 15) is 0 Å². The molecule has 0 radical (unpaired) electrons. The van der Waals surface area contributed by atoms with E-state index in [0.29, 0.717) is 0 Å². The Bertz CT molecular complexity index is 161.